The summed E-state index contributed by atoms with van der Waals surface area (Å²) in [5.41, 5.74) is 1.99. The first kappa shape index (κ1) is 8.19. The van der Waals surface area contributed by atoms with Crippen LogP contribution in [0.25, 0.3) is 5.69 Å². The van der Waals surface area contributed by atoms with Gasteiger partial charge in [-0.3, -0.25) is 9.55 Å². The van der Waals surface area contributed by atoms with Gasteiger partial charge >= 0.3 is 0 Å². The summed E-state index contributed by atoms with van der Waals surface area (Å²) in [6.45, 7) is 1.96. The lowest BCUT2D eigenvalue weighted by Gasteiger charge is -2.03. The first-order chi connectivity index (χ1) is 6.29. The number of H-pyrrole nitrogens is 1. The summed E-state index contributed by atoms with van der Waals surface area (Å²) in [5, 5.41) is 0. The molecule has 13 heavy (non-hydrogen) atoms. The van der Waals surface area contributed by atoms with Crippen molar-refractivity contribution in [3.63, 3.8) is 0 Å². The summed E-state index contributed by atoms with van der Waals surface area (Å²) in [7, 11) is 0. The van der Waals surface area contributed by atoms with Crippen LogP contribution in [0.2, 0.25) is 0 Å². The van der Waals surface area contributed by atoms with Crippen LogP contribution in [0.15, 0.2) is 30.7 Å². The van der Waals surface area contributed by atoms with E-state index in [1.165, 1.54) is 0 Å². The van der Waals surface area contributed by atoms with Crippen LogP contribution in [0, 0.1) is 11.7 Å². The normalized spacial score (nSPS) is 10.2. The van der Waals surface area contributed by atoms with Crippen molar-refractivity contribution in [1.82, 2.24) is 14.5 Å². The number of hydrogen-bond donors (Lipinski definition) is 1. The lowest BCUT2D eigenvalue weighted by Crippen LogP contribution is -1.96. The fraction of sp³-hybridized carbons (Fsp3) is 0.111. The Morgan fingerprint density at radius 1 is 1.54 bits per heavy atom. The van der Waals surface area contributed by atoms with Gasteiger partial charge in [-0.2, -0.15) is 0 Å². The second-order valence-electron chi connectivity index (χ2n) is 2.74. The molecular weight excluding hydrogens is 182 g/mol. The molecule has 1 N–H and O–H groups in total. The van der Waals surface area contributed by atoms with Crippen LogP contribution in [0.4, 0.5) is 0 Å². The number of rotatable bonds is 1. The van der Waals surface area contributed by atoms with Gasteiger partial charge in [0.25, 0.3) is 0 Å². The van der Waals surface area contributed by atoms with Gasteiger partial charge in [0.2, 0.25) is 0 Å². The molecule has 2 rings (SSSR count). The zero-order valence-electron chi connectivity index (χ0n) is 7.19. The van der Waals surface area contributed by atoms with E-state index in [4.69, 9.17) is 12.2 Å². The molecule has 0 unspecified atom stereocenters. The number of aromatic amines is 1. The van der Waals surface area contributed by atoms with Crippen LogP contribution in [-0.2, 0) is 0 Å². The molecular formula is C9H9N3S. The quantitative estimate of drug-likeness (QED) is 0.701. The van der Waals surface area contributed by atoms with Crippen LogP contribution >= 0.6 is 12.2 Å². The maximum absolute atomic E-state index is 5.11. The van der Waals surface area contributed by atoms with Crippen LogP contribution in [-0.4, -0.2) is 14.5 Å². The highest BCUT2D eigenvalue weighted by Crippen LogP contribution is 2.10. The number of hydrogen-bond acceptors (Lipinski definition) is 2. The van der Waals surface area contributed by atoms with Gasteiger partial charge in [-0.1, -0.05) is 0 Å². The van der Waals surface area contributed by atoms with E-state index in [9.17, 15) is 0 Å². The van der Waals surface area contributed by atoms with E-state index < -0.39 is 0 Å². The highest BCUT2D eigenvalue weighted by molar-refractivity contribution is 7.71. The van der Waals surface area contributed by atoms with E-state index >= 15 is 0 Å². The highest BCUT2D eigenvalue weighted by atomic mass is 32.1. The lowest BCUT2D eigenvalue weighted by atomic mass is 10.3. The number of nitrogens with zero attached hydrogens (tertiary/aromatic N) is 2. The number of aryl methyl sites for hydroxylation is 1. The van der Waals surface area contributed by atoms with Crippen molar-refractivity contribution < 1.29 is 0 Å². The SMILES string of the molecule is Cc1ncccc1-n1cc[nH]c1=S. The molecule has 0 fully saturated rings. The van der Waals surface area contributed by atoms with Gasteiger partial charge in [0.1, 0.15) is 0 Å². The van der Waals surface area contributed by atoms with E-state index in [2.05, 4.69) is 9.97 Å². The molecule has 0 aliphatic heterocycles. The monoisotopic (exact) mass is 191 g/mol. The van der Waals surface area contributed by atoms with Crippen molar-refractivity contribution in [3.05, 3.63) is 41.2 Å². The van der Waals surface area contributed by atoms with E-state index in [-0.39, 0.29) is 0 Å². The Hall–Kier alpha value is -1.42. The largest absolute Gasteiger partial charge is 0.337 e. The minimum Gasteiger partial charge on any atom is -0.337 e. The lowest BCUT2D eigenvalue weighted by molar-refractivity contribution is 0.989. The molecule has 0 saturated carbocycles. The van der Waals surface area contributed by atoms with Gasteiger partial charge in [-0.05, 0) is 31.3 Å². The van der Waals surface area contributed by atoms with Crippen molar-refractivity contribution in [1.29, 1.82) is 0 Å². The summed E-state index contributed by atoms with van der Waals surface area (Å²) in [6, 6.07) is 3.89. The molecule has 0 saturated heterocycles. The summed E-state index contributed by atoms with van der Waals surface area (Å²) in [4.78, 5) is 7.14. The first-order valence-corrected chi connectivity index (χ1v) is 4.38. The zero-order valence-corrected chi connectivity index (χ0v) is 8.01. The summed E-state index contributed by atoms with van der Waals surface area (Å²) in [6.07, 6.45) is 5.48. The molecule has 4 heteroatoms. The molecule has 0 aromatic carbocycles. The number of aromatic nitrogens is 3. The fourth-order valence-electron chi connectivity index (χ4n) is 1.24. The predicted molar refractivity (Wildman–Crippen MR) is 53.5 cm³/mol. The standard InChI is InChI=1S/C9H9N3S/c1-7-8(3-2-4-10-7)12-6-5-11-9(12)13/h2-6H,1H3,(H,11,13). The molecule has 0 atom stereocenters. The second kappa shape index (κ2) is 3.14. The second-order valence-corrected chi connectivity index (χ2v) is 3.13. The van der Waals surface area contributed by atoms with Gasteiger partial charge in [0.05, 0.1) is 11.4 Å². The third-order valence-electron chi connectivity index (χ3n) is 1.89. The Morgan fingerprint density at radius 3 is 3.00 bits per heavy atom. The molecule has 2 heterocycles. The smallest absolute Gasteiger partial charge is 0.181 e. The third kappa shape index (κ3) is 1.40. The molecule has 0 spiro atoms. The molecule has 0 radical (unpaired) electrons. The number of imidazole rings is 1. The maximum Gasteiger partial charge on any atom is 0.181 e. The molecule has 3 nitrogen and oxygen atoms in total. The highest BCUT2D eigenvalue weighted by Gasteiger charge is 2.00. The van der Waals surface area contributed by atoms with Gasteiger partial charge in [-0.15, -0.1) is 0 Å². The van der Waals surface area contributed by atoms with Crippen LogP contribution < -0.4 is 0 Å². The van der Waals surface area contributed by atoms with Crippen molar-refractivity contribution in [2.45, 2.75) is 6.92 Å². The van der Waals surface area contributed by atoms with Crippen LogP contribution in [0.1, 0.15) is 5.69 Å². The average Bonchev–Trinajstić information content (AvgIpc) is 2.52. The van der Waals surface area contributed by atoms with Crippen LogP contribution in [0.5, 0.6) is 0 Å². The van der Waals surface area contributed by atoms with Crippen molar-refractivity contribution in [2.24, 2.45) is 0 Å². The van der Waals surface area contributed by atoms with E-state index in [0.717, 1.165) is 11.4 Å². The summed E-state index contributed by atoms with van der Waals surface area (Å²) in [5.74, 6) is 0. The Kier molecular flexibility index (Phi) is 1.98. The molecule has 0 amide bonds. The maximum atomic E-state index is 5.11. The van der Waals surface area contributed by atoms with Gasteiger partial charge in [-0.25, -0.2) is 0 Å². The zero-order chi connectivity index (χ0) is 9.26. The van der Waals surface area contributed by atoms with E-state index in [1.54, 1.807) is 6.20 Å². The third-order valence-corrected chi connectivity index (χ3v) is 2.20. The minimum absolute atomic E-state index is 0.691. The van der Waals surface area contributed by atoms with E-state index in [1.807, 2.05) is 36.0 Å². The van der Waals surface area contributed by atoms with Crippen molar-refractivity contribution >= 4 is 12.2 Å². The average molecular weight is 191 g/mol. The van der Waals surface area contributed by atoms with Crippen molar-refractivity contribution in [2.75, 3.05) is 0 Å². The van der Waals surface area contributed by atoms with Crippen molar-refractivity contribution in [3.8, 4) is 5.69 Å². The Labute approximate surface area is 81.1 Å². The molecule has 0 aliphatic carbocycles. The Bertz CT molecular complexity index is 469. The molecule has 0 bridgehead atoms. The molecule has 2 aromatic rings. The first-order valence-electron chi connectivity index (χ1n) is 3.97. The van der Waals surface area contributed by atoms with Crippen LogP contribution in [0.3, 0.4) is 0 Å². The number of pyridine rings is 1. The predicted octanol–water partition coefficient (Wildman–Crippen LogP) is 2.24. The Balaban J connectivity index is 2.66. The van der Waals surface area contributed by atoms with Gasteiger partial charge < -0.3 is 4.98 Å². The summed E-state index contributed by atoms with van der Waals surface area (Å²) >= 11 is 5.11. The number of nitrogens with one attached hydrogen (secondary N) is 1. The summed E-state index contributed by atoms with van der Waals surface area (Å²) < 4.78 is 2.59. The van der Waals surface area contributed by atoms with E-state index in [0.29, 0.717) is 4.77 Å². The molecule has 66 valence electrons. The minimum atomic E-state index is 0.691. The molecule has 2 aromatic heterocycles. The molecule has 0 aliphatic rings. The van der Waals surface area contributed by atoms with Gasteiger partial charge in [0.15, 0.2) is 4.77 Å². The topological polar surface area (TPSA) is 33.6 Å². The van der Waals surface area contributed by atoms with Gasteiger partial charge in [0, 0.05) is 18.6 Å². The Morgan fingerprint density at radius 2 is 2.38 bits per heavy atom. The fourth-order valence-corrected chi connectivity index (χ4v) is 1.47.